The van der Waals surface area contributed by atoms with Gasteiger partial charge in [-0.1, -0.05) is 0 Å². The SMILES string of the molecule is CC(C)=COC=C(C)CO. The molecule has 0 radical (unpaired) electrons. The van der Waals surface area contributed by atoms with Gasteiger partial charge in [0.15, 0.2) is 0 Å². The van der Waals surface area contributed by atoms with E-state index in [4.69, 9.17) is 9.84 Å². The van der Waals surface area contributed by atoms with Gasteiger partial charge in [-0.05, 0) is 31.9 Å². The third-order valence-corrected chi connectivity index (χ3v) is 0.822. The molecule has 2 nitrogen and oxygen atoms in total. The van der Waals surface area contributed by atoms with Crippen molar-refractivity contribution in [1.82, 2.24) is 0 Å². The zero-order valence-corrected chi connectivity index (χ0v) is 6.72. The zero-order valence-electron chi connectivity index (χ0n) is 6.72. The molecular formula is C8H14O2. The van der Waals surface area contributed by atoms with Crippen LogP contribution in [0.4, 0.5) is 0 Å². The second-order valence-electron chi connectivity index (χ2n) is 2.45. The summed E-state index contributed by atoms with van der Waals surface area (Å²) in [5.74, 6) is 0. The van der Waals surface area contributed by atoms with Crippen molar-refractivity contribution in [1.29, 1.82) is 0 Å². The van der Waals surface area contributed by atoms with E-state index in [2.05, 4.69) is 0 Å². The van der Waals surface area contributed by atoms with Crippen molar-refractivity contribution < 1.29 is 9.84 Å². The number of rotatable bonds is 3. The van der Waals surface area contributed by atoms with E-state index >= 15 is 0 Å². The molecular weight excluding hydrogens is 128 g/mol. The van der Waals surface area contributed by atoms with E-state index in [0.717, 1.165) is 11.1 Å². The van der Waals surface area contributed by atoms with Crippen LogP contribution in [-0.4, -0.2) is 11.7 Å². The number of aliphatic hydroxyl groups is 1. The molecule has 0 fully saturated rings. The molecule has 0 aliphatic heterocycles. The normalized spacial score (nSPS) is 11.0. The van der Waals surface area contributed by atoms with Crippen LogP contribution in [0.25, 0.3) is 0 Å². The second kappa shape index (κ2) is 5.06. The monoisotopic (exact) mass is 142 g/mol. The van der Waals surface area contributed by atoms with E-state index < -0.39 is 0 Å². The Morgan fingerprint density at radius 3 is 2.30 bits per heavy atom. The third kappa shape index (κ3) is 5.38. The number of allylic oxidation sites excluding steroid dienone is 1. The molecule has 0 bridgehead atoms. The molecule has 0 amide bonds. The van der Waals surface area contributed by atoms with Crippen molar-refractivity contribution in [3.63, 3.8) is 0 Å². The molecule has 0 aliphatic carbocycles. The lowest BCUT2D eigenvalue weighted by Crippen LogP contribution is -1.83. The third-order valence-electron chi connectivity index (χ3n) is 0.822. The fourth-order valence-electron chi connectivity index (χ4n) is 0.324. The van der Waals surface area contributed by atoms with Crippen molar-refractivity contribution in [3.8, 4) is 0 Å². The van der Waals surface area contributed by atoms with Crippen LogP contribution in [0.3, 0.4) is 0 Å². The summed E-state index contributed by atoms with van der Waals surface area (Å²) in [6.07, 6.45) is 3.17. The molecule has 0 aromatic rings. The van der Waals surface area contributed by atoms with Gasteiger partial charge in [0.1, 0.15) is 0 Å². The first kappa shape index (κ1) is 9.24. The maximum atomic E-state index is 8.53. The van der Waals surface area contributed by atoms with Crippen molar-refractivity contribution in [2.45, 2.75) is 20.8 Å². The minimum Gasteiger partial charge on any atom is -0.473 e. The van der Waals surface area contributed by atoms with Gasteiger partial charge in [-0.15, -0.1) is 0 Å². The Kier molecular flexibility index (Phi) is 4.67. The van der Waals surface area contributed by atoms with Crippen molar-refractivity contribution in [3.05, 3.63) is 23.7 Å². The Balaban J connectivity index is 3.63. The number of aliphatic hydroxyl groups excluding tert-OH is 1. The molecule has 0 spiro atoms. The summed E-state index contributed by atoms with van der Waals surface area (Å²) in [7, 11) is 0. The molecule has 0 saturated heterocycles. The highest BCUT2D eigenvalue weighted by molar-refractivity contribution is 4.95. The average molecular weight is 142 g/mol. The van der Waals surface area contributed by atoms with Gasteiger partial charge in [0, 0.05) is 0 Å². The molecule has 0 aliphatic rings. The molecule has 58 valence electrons. The van der Waals surface area contributed by atoms with Gasteiger partial charge >= 0.3 is 0 Å². The zero-order chi connectivity index (χ0) is 7.98. The van der Waals surface area contributed by atoms with E-state index in [9.17, 15) is 0 Å². The Bertz CT molecular complexity index is 141. The highest BCUT2D eigenvalue weighted by Gasteiger charge is 1.82. The summed E-state index contributed by atoms with van der Waals surface area (Å²) in [5.41, 5.74) is 1.92. The lowest BCUT2D eigenvalue weighted by molar-refractivity contribution is 0.318. The number of hydrogen-bond acceptors (Lipinski definition) is 2. The van der Waals surface area contributed by atoms with E-state index in [1.165, 1.54) is 6.26 Å². The van der Waals surface area contributed by atoms with E-state index in [0.29, 0.717) is 0 Å². The smallest absolute Gasteiger partial charge is 0.0913 e. The molecule has 10 heavy (non-hydrogen) atoms. The van der Waals surface area contributed by atoms with Crippen LogP contribution in [0.15, 0.2) is 23.7 Å². The van der Waals surface area contributed by atoms with Crippen LogP contribution in [-0.2, 0) is 4.74 Å². The van der Waals surface area contributed by atoms with Crippen LogP contribution >= 0.6 is 0 Å². The quantitative estimate of drug-likeness (QED) is 0.609. The number of ether oxygens (including phenoxy) is 1. The summed E-state index contributed by atoms with van der Waals surface area (Å²) < 4.78 is 4.96. The molecule has 2 heteroatoms. The van der Waals surface area contributed by atoms with Gasteiger partial charge < -0.3 is 9.84 Å². The topological polar surface area (TPSA) is 29.5 Å². The van der Waals surface area contributed by atoms with Crippen molar-refractivity contribution >= 4 is 0 Å². The highest BCUT2D eigenvalue weighted by Crippen LogP contribution is 1.94. The van der Waals surface area contributed by atoms with E-state index in [1.54, 1.807) is 13.2 Å². The molecule has 0 heterocycles. The Labute approximate surface area is 61.8 Å². The summed E-state index contributed by atoms with van der Waals surface area (Å²) in [5, 5.41) is 8.53. The van der Waals surface area contributed by atoms with Gasteiger partial charge in [0.2, 0.25) is 0 Å². The highest BCUT2D eigenvalue weighted by atomic mass is 16.5. The Morgan fingerprint density at radius 1 is 1.30 bits per heavy atom. The number of hydrogen-bond donors (Lipinski definition) is 1. The predicted octanol–water partition coefficient (Wildman–Crippen LogP) is 1.82. The first-order chi connectivity index (χ1) is 4.66. The summed E-state index contributed by atoms with van der Waals surface area (Å²) in [6.45, 7) is 5.75. The Hall–Kier alpha value is -0.760. The van der Waals surface area contributed by atoms with E-state index in [-0.39, 0.29) is 6.61 Å². The van der Waals surface area contributed by atoms with Crippen molar-refractivity contribution in [2.75, 3.05) is 6.61 Å². The second-order valence-corrected chi connectivity index (χ2v) is 2.45. The first-order valence-electron chi connectivity index (χ1n) is 3.22. The summed E-state index contributed by atoms with van der Waals surface area (Å²) in [6, 6.07) is 0. The Morgan fingerprint density at radius 2 is 1.90 bits per heavy atom. The minimum atomic E-state index is 0.0522. The van der Waals surface area contributed by atoms with Gasteiger partial charge in [0.05, 0.1) is 19.1 Å². The van der Waals surface area contributed by atoms with Gasteiger partial charge in [-0.2, -0.15) is 0 Å². The molecule has 0 aromatic heterocycles. The van der Waals surface area contributed by atoms with Gasteiger partial charge in [0.25, 0.3) is 0 Å². The minimum absolute atomic E-state index is 0.0522. The van der Waals surface area contributed by atoms with Gasteiger partial charge in [-0.25, -0.2) is 0 Å². The van der Waals surface area contributed by atoms with Crippen LogP contribution in [0.1, 0.15) is 20.8 Å². The van der Waals surface area contributed by atoms with Crippen molar-refractivity contribution in [2.24, 2.45) is 0 Å². The maximum Gasteiger partial charge on any atom is 0.0913 e. The molecule has 0 unspecified atom stereocenters. The fourth-order valence-corrected chi connectivity index (χ4v) is 0.324. The van der Waals surface area contributed by atoms with Gasteiger partial charge in [-0.3, -0.25) is 0 Å². The molecule has 0 aromatic carbocycles. The molecule has 0 atom stereocenters. The van der Waals surface area contributed by atoms with Crippen LogP contribution < -0.4 is 0 Å². The average Bonchev–Trinajstić information content (AvgIpc) is 1.87. The molecule has 0 saturated carbocycles. The standard InChI is InChI=1S/C8H14O2/c1-7(2)5-10-6-8(3)4-9/h5-6,9H,4H2,1-3H3. The van der Waals surface area contributed by atoms with Crippen LogP contribution in [0.5, 0.6) is 0 Å². The molecule has 0 rings (SSSR count). The maximum absolute atomic E-state index is 8.53. The predicted molar refractivity (Wildman–Crippen MR) is 41.4 cm³/mol. The fraction of sp³-hybridized carbons (Fsp3) is 0.500. The lowest BCUT2D eigenvalue weighted by Gasteiger charge is -1.94. The van der Waals surface area contributed by atoms with Crippen LogP contribution in [0.2, 0.25) is 0 Å². The largest absolute Gasteiger partial charge is 0.473 e. The summed E-state index contributed by atoms with van der Waals surface area (Å²) >= 11 is 0. The van der Waals surface area contributed by atoms with E-state index in [1.807, 2.05) is 13.8 Å². The molecule has 1 N–H and O–H groups in total. The summed E-state index contributed by atoms with van der Waals surface area (Å²) in [4.78, 5) is 0. The first-order valence-corrected chi connectivity index (χ1v) is 3.22. The lowest BCUT2D eigenvalue weighted by atomic mass is 10.4. The van der Waals surface area contributed by atoms with Crippen LogP contribution in [0, 0.1) is 0 Å².